The first kappa shape index (κ1) is 10.1. The van der Waals surface area contributed by atoms with Gasteiger partial charge < -0.3 is 5.11 Å². The molecule has 1 heterocycles. The van der Waals surface area contributed by atoms with E-state index in [1.807, 2.05) is 0 Å². The molecule has 1 aromatic heterocycles. The zero-order valence-electron chi connectivity index (χ0n) is 7.44. The Morgan fingerprint density at radius 2 is 2.33 bits per heavy atom. The molecule has 0 aliphatic heterocycles. The van der Waals surface area contributed by atoms with Crippen LogP contribution in [0.15, 0.2) is 22.8 Å². The van der Waals surface area contributed by atoms with Crippen molar-refractivity contribution in [3.63, 3.8) is 0 Å². The minimum atomic E-state index is -0.996. The third-order valence-electron chi connectivity index (χ3n) is 1.92. The smallest absolute Gasteiger partial charge is 0.325 e. The summed E-state index contributed by atoms with van der Waals surface area (Å²) in [5.74, 6) is -1.39. The molecule has 2 rings (SSSR count). The molecular weight excluding hydrogens is 267 g/mol. The zero-order valence-corrected chi connectivity index (χ0v) is 9.03. The second-order valence-corrected chi connectivity index (χ2v) is 3.75. The Labute approximate surface area is 92.4 Å². The first-order chi connectivity index (χ1) is 7.08. The van der Waals surface area contributed by atoms with Crippen LogP contribution in [0.25, 0.3) is 10.9 Å². The van der Waals surface area contributed by atoms with E-state index in [0.717, 1.165) is 0 Å². The molecule has 0 aliphatic rings. The van der Waals surface area contributed by atoms with Crippen LogP contribution in [0.2, 0.25) is 0 Å². The maximum atomic E-state index is 12.9. The maximum absolute atomic E-state index is 12.9. The van der Waals surface area contributed by atoms with E-state index in [1.54, 1.807) is 6.07 Å². The topological polar surface area (TPSA) is 55.1 Å². The Morgan fingerprint density at radius 1 is 1.60 bits per heavy atom. The third kappa shape index (κ3) is 1.85. The van der Waals surface area contributed by atoms with Crippen molar-refractivity contribution in [1.29, 1.82) is 0 Å². The van der Waals surface area contributed by atoms with Crippen molar-refractivity contribution in [1.82, 2.24) is 9.78 Å². The average molecular weight is 273 g/mol. The molecule has 15 heavy (non-hydrogen) atoms. The normalized spacial score (nSPS) is 10.8. The monoisotopic (exact) mass is 272 g/mol. The SMILES string of the molecule is O=C(O)Cn1nc2cc(F)ccc2c1Br. The number of benzene rings is 1. The second kappa shape index (κ2) is 3.62. The van der Waals surface area contributed by atoms with Gasteiger partial charge in [0.25, 0.3) is 0 Å². The van der Waals surface area contributed by atoms with Gasteiger partial charge in [-0.25, -0.2) is 9.07 Å². The van der Waals surface area contributed by atoms with Crippen LogP contribution >= 0.6 is 15.9 Å². The van der Waals surface area contributed by atoms with E-state index in [1.165, 1.54) is 16.8 Å². The van der Waals surface area contributed by atoms with Crippen LogP contribution in [0.1, 0.15) is 0 Å². The number of nitrogens with zero attached hydrogens (tertiary/aromatic N) is 2. The van der Waals surface area contributed by atoms with Gasteiger partial charge in [-0.1, -0.05) is 0 Å². The lowest BCUT2D eigenvalue weighted by molar-refractivity contribution is -0.137. The first-order valence-corrected chi connectivity index (χ1v) is 4.90. The molecule has 0 fully saturated rings. The van der Waals surface area contributed by atoms with Crippen molar-refractivity contribution in [2.45, 2.75) is 6.54 Å². The van der Waals surface area contributed by atoms with Crippen LogP contribution in [-0.4, -0.2) is 20.9 Å². The fraction of sp³-hybridized carbons (Fsp3) is 0.111. The van der Waals surface area contributed by atoms with Crippen LogP contribution in [-0.2, 0) is 11.3 Å². The van der Waals surface area contributed by atoms with Gasteiger partial charge in [-0.3, -0.25) is 4.79 Å². The maximum Gasteiger partial charge on any atom is 0.325 e. The van der Waals surface area contributed by atoms with Gasteiger partial charge in [0, 0.05) is 11.5 Å². The summed E-state index contributed by atoms with van der Waals surface area (Å²) >= 11 is 3.22. The second-order valence-electron chi connectivity index (χ2n) is 3.00. The Kier molecular flexibility index (Phi) is 2.44. The molecule has 4 nitrogen and oxygen atoms in total. The van der Waals surface area contributed by atoms with E-state index < -0.39 is 11.8 Å². The Morgan fingerprint density at radius 3 is 3.00 bits per heavy atom. The van der Waals surface area contributed by atoms with Crippen molar-refractivity contribution in [2.24, 2.45) is 0 Å². The molecule has 0 saturated heterocycles. The van der Waals surface area contributed by atoms with E-state index in [4.69, 9.17) is 5.11 Å². The zero-order chi connectivity index (χ0) is 11.0. The fourth-order valence-corrected chi connectivity index (χ4v) is 1.85. The largest absolute Gasteiger partial charge is 0.480 e. The minimum Gasteiger partial charge on any atom is -0.480 e. The van der Waals surface area contributed by atoms with Crippen molar-refractivity contribution in [2.75, 3.05) is 0 Å². The number of carboxylic acid groups (broad SMARTS) is 1. The highest BCUT2D eigenvalue weighted by atomic mass is 79.9. The predicted molar refractivity (Wildman–Crippen MR) is 55.0 cm³/mol. The van der Waals surface area contributed by atoms with Crippen LogP contribution in [0.4, 0.5) is 4.39 Å². The Bertz CT molecular complexity index is 538. The molecule has 78 valence electrons. The number of aromatic nitrogens is 2. The molecule has 0 amide bonds. The van der Waals surface area contributed by atoms with Gasteiger partial charge in [0.05, 0.1) is 5.52 Å². The summed E-state index contributed by atoms with van der Waals surface area (Å²) in [5, 5.41) is 13.3. The molecule has 0 atom stereocenters. The van der Waals surface area contributed by atoms with Crippen LogP contribution in [0, 0.1) is 5.82 Å². The number of carboxylic acids is 1. The number of hydrogen-bond acceptors (Lipinski definition) is 2. The summed E-state index contributed by atoms with van der Waals surface area (Å²) in [6, 6.07) is 4.12. The molecule has 0 unspecified atom stereocenters. The molecule has 0 radical (unpaired) electrons. The quantitative estimate of drug-likeness (QED) is 0.910. The number of rotatable bonds is 2. The first-order valence-electron chi connectivity index (χ1n) is 4.11. The number of halogens is 2. The molecule has 0 aliphatic carbocycles. The van der Waals surface area contributed by atoms with Crippen molar-refractivity contribution >= 4 is 32.8 Å². The van der Waals surface area contributed by atoms with Crippen LogP contribution in [0.3, 0.4) is 0 Å². The molecule has 6 heteroatoms. The van der Waals surface area contributed by atoms with E-state index in [2.05, 4.69) is 21.0 Å². The summed E-state index contributed by atoms with van der Waals surface area (Å²) in [6.07, 6.45) is 0. The average Bonchev–Trinajstić information content (AvgIpc) is 2.42. The Hall–Kier alpha value is -1.43. The molecular formula is C9H6BrFN2O2. The molecule has 1 N–H and O–H groups in total. The molecule has 0 saturated carbocycles. The van der Waals surface area contributed by atoms with Gasteiger partial charge in [0.1, 0.15) is 17.0 Å². The number of aliphatic carboxylic acids is 1. The lowest BCUT2D eigenvalue weighted by Crippen LogP contribution is -2.09. The highest BCUT2D eigenvalue weighted by Gasteiger charge is 2.11. The number of fused-ring (bicyclic) bond motifs is 1. The van der Waals surface area contributed by atoms with E-state index in [9.17, 15) is 9.18 Å². The summed E-state index contributed by atoms with van der Waals surface area (Å²) in [7, 11) is 0. The summed E-state index contributed by atoms with van der Waals surface area (Å²) < 4.78 is 14.7. The highest BCUT2D eigenvalue weighted by Crippen LogP contribution is 2.24. The van der Waals surface area contributed by atoms with Gasteiger partial charge >= 0.3 is 5.97 Å². The van der Waals surface area contributed by atoms with E-state index in [-0.39, 0.29) is 6.54 Å². The highest BCUT2D eigenvalue weighted by molar-refractivity contribution is 9.10. The van der Waals surface area contributed by atoms with Crippen LogP contribution < -0.4 is 0 Å². The lowest BCUT2D eigenvalue weighted by atomic mass is 10.2. The summed E-state index contributed by atoms with van der Waals surface area (Å²) in [5.41, 5.74) is 0.433. The molecule has 1 aromatic carbocycles. The molecule has 2 aromatic rings. The molecule has 0 spiro atoms. The predicted octanol–water partition coefficient (Wildman–Crippen LogP) is 2.02. The minimum absolute atomic E-state index is 0.253. The fourth-order valence-electron chi connectivity index (χ4n) is 1.31. The van der Waals surface area contributed by atoms with Gasteiger partial charge in [0.2, 0.25) is 0 Å². The van der Waals surface area contributed by atoms with Crippen molar-refractivity contribution in [3.8, 4) is 0 Å². The Balaban J connectivity index is 2.58. The molecule has 0 bridgehead atoms. The number of hydrogen-bond donors (Lipinski definition) is 1. The van der Waals surface area contributed by atoms with Crippen LogP contribution in [0.5, 0.6) is 0 Å². The van der Waals surface area contributed by atoms with E-state index >= 15 is 0 Å². The third-order valence-corrected chi connectivity index (χ3v) is 2.76. The number of carbonyl (C=O) groups is 1. The van der Waals surface area contributed by atoms with Crippen molar-refractivity contribution in [3.05, 3.63) is 28.6 Å². The lowest BCUT2D eigenvalue weighted by Gasteiger charge is -1.96. The standard InChI is InChI=1S/C9H6BrFN2O2/c10-9-6-2-1-5(11)3-7(6)12-13(9)4-8(14)15/h1-3H,4H2,(H,14,15). The summed E-state index contributed by atoms with van der Waals surface area (Å²) in [4.78, 5) is 10.5. The van der Waals surface area contributed by atoms with Gasteiger partial charge in [-0.15, -0.1) is 0 Å². The van der Waals surface area contributed by atoms with Gasteiger partial charge in [-0.05, 0) is 28.1 Å². The van der Waals surface area contributed by atoms with Gasteiger partial charge in [0.15, 0.2) is 0 Å². The van der Waals surface area contributed by atoms with Crippen molar-refractivity contribution < 1.29 is 14.3 Å². The summed E-state index contributed by atoms with van der Waals surface area (Å²) in [6.45, 7) is -0.253. The van der Waals surface area contributed by atoms with E-state index in [0.29, 0.717) is 15.5 Å². The van der Waals surface area contributed by atoms with Gasteiger partial charge in [-0.2, -0.15) is 5.10 Å².